The van der Waals surface area contributed by atoms with Crippen molar-refractivity contribution in [2.75, 3.05) is 13.7 Å². The van der Waals surface area contributed by atoms with Crippen molar-refractivity contribution in [3.63, 3.8) is 0 Å². The van der Waals surface area contributed by atoms with Crippen LogP contribution in [0.2, 0.25) is 0 Å². The topological polar surface area (TPSA) is 46.5 Å². The molecular weight excluding hydrogens is 132 g/mol. The fourth-order valence-electron chi connectivity index (χ4n) is 0.485. The molecule has 3 nitrogen and oxygen atoms in total. The molecule has 0 fully saturated rings. The average molecular weight is 142 g/mol. The number of methoxy groups -OCH3 is 1. The number of hydrogen-bond donors (Lipinski definition) is 1. The van der Waals surface area contributed by atoms with E-state index in [1.807, 2.05) is 0 Å². The SMILES string of the molecule is C=C/C(=C\C(=O)O)COC. The summed E-state index contributed by atoms with van der Waals surface area (Å²) in [4.78, 5) is 10.1. The molecule has 0 atom stereocenters. The first-order valence-corrected chi connectivity index (χ1v) is 2.75. The van der Waals surface area contributed by atoms with Crippen LogP contribution in [0.25, 0.3) is 0 Å². The number of aliphatic carboxylic acids is 1. The quantitative estimate of drug-likeness (QED) is 0.467. The van der Waals surface area contributed by atoms with E-state index in [0.29, 0.717) is 5.57 Å². The van der Waals surface area contributed by atoms with Crippen LogP contribution in [-0.2, 0) is 9.53 Å². The summed E-state index contributed by atoms with van der Waals surface area (Å²) in [5.74, 6) is -0.980. The standard InChI is InChI=1S/C7H10O3/c1-3-6(5-10-2)4-7(8)9/h3-4H,1,5H2,2H3,(H,8,9)/b6-4+. The number of ether oxygens (including phenoxy) is 1. The summed E-state index contributed by atoms with van der Waals surface area (Å²) in [6.07, 6.45) is 2.52. The third-order valence-electron chi connectivity index (χ3n) is 0.882. The van der Waals surface area contributed by atoms with Crippen molar-refractivity contribution in [1.82, 2.24) is 0 Å². The van der Waals surface area contributed by atoms with Crippen molar-refractivity contribution in [3.05, 3.63) is 24.3 Å². The molecule has 56 valence electrons. The van der Waals surface area contributed by atoms with Crippen LogP contribution in [0.1, 0.15) is 0 Å². The molecule has 0 heterocycles. The first kappa shape index (κ1) is 8.91. The molecule has 0 aromatic rings. The van der Waals surface area contributed by atoms with E-state index in [1.54, 1.807) is 0 Å². The number of carboxylic acid groups (broad SMARTS) is 1. The molecule has 3 heteroatoms. The molecule has 0 saturated carbocycles. The Labute approximate surface area is 59.6 Å². The summed E-state index contributed by atoms with van der Waals surface area (Å²) in [5, 5.41) is 8.26. The Balaban J connectivity index is 4.03. The molecule has 0 rings (SSSR count). The van der Waals surface area contributed by atoms with E-state index in [9.17, 15) is 4.79 Å². The van der Waals surface area contributed by atoms with Gasteiger partial charge in [-0.25, -0.2) is 4.79 Å². The van der Waals surface area contributed by atoms with Crippen LogP contribution in [0.15, 0.2) is 24.3 Å². The number of rotatable bonds is 4. The molecule has 0 bridgehead atoms. The monoisotopic (exact) mass is 142 g/mol. The molecular formula is C7H10O3. The van der Waals surface area contributed by atoms with E-state index in [1.165, 1.54) is 13.2 Å². The van der Waals surface area contributed by atoms with E-state index < -0.39 is 5.97 Å². The van der Waals surface area contributed by atoms with Gasteiger partial charge in [0.25, 0.3) is 0 Å². The van der Waals surface area contributed by atoms with E-state index in [-0.39, 0.29) is 6.61 Å². The zero-order chi connectivity index (χ0) is 7.98. The Bertz CT molecular complexity index is 158. The van der Waals surface area contributed by atoms with Gasteiger partial charge in [0, 0.05) is 13.2 Å². The number of carboxylic acids is 1. The lowest BCUT2D eigenvalue weighted by Crippen LogP contribution is -1.96. The summed E-state index contributed by atoms with van der Waals surface area (Å²) in [6, 6.07) is 0. The van der Waals surface area contributed by atoms with Gasteiger partial charge in [-0.15, -0.1) is 0 Å². The van der Waals surface area contributed by atoms with Crippen molar-refractivity contribution < 1.29 is 14.6 Å². The highest BCUT2D eigenvalue weighted by Crippen LogP contribution is 1.94. The summed E-state index contributed by atoms with van der Waals surface area (Å²) < 4.78 is 4.69. The summed E-state index contributed by atoms with van der Waals surface area (Å²) in [5.41, 5.74) is 0.565. The molecule has 0 unspecified atom stereocenters. The van der Waals surface area contributed by atoms with Gasteiger partial charge in [-0.2, -0.15) is 0 Å². The predicted molar refractivity (Wildman–Crippen MR) is 37.8 cm³/mol. The zero-order valence-corrected chi connectivity index (χ0v) is 5.83. The van der Waals surface area contributed by atoms with Crippen LogP contribution >= 0.6 is 0 Å². The Hall–Kier alpha value is -1.09. The minimum absolute atomic E-state index is 0.287. The van der Waals surface area contributed by atoms with Crippen molar-refractivity contribution in [3.8, 4) is 0 Å². The fraction of sp³-hybridized carbons (Fsp3) is 0.286. The molecule has 0 radical (unpaired) electrons. The lowest BCUT2D eigenvalue weighted by Gasteiger charge is -1.95. The van der Waals surface area contributed by atoms with Crippen LogP contribution in [0.3, 0.4) is 0 Å². The van der Waals surface area contributed by atoms with Crippen molar-refractivity contribution in [2.45, 2.75) is 0 Å². The maximum Gasteiger partial charge on any atom is 0.328 e. The predicted octanol–water partition coefficient (Wildman–Crippen LogP) is 0.830. The molecule has 0 aromatic heterocycles. The smallest absolute Gasteiger partial charge is 0.328 e. The van der Waals surface area contributed by atoms with Crippen LogP contribution in [0.4, 0.5) is 0 Å². The second kappa shape index (κ2) is 4.76. The Morgan fingerprint density at radius 1 is 1.80 bits per heavy atom. The van der Waals surface area contributed by atoms with Crippen LogP contribution in [-0.4, -0.2) is 24.8 Å². The molecule has 0 amide bonds. The molecule has 0 aliphatic heterocycles. The molecule has 0 aromatic carbocycles. The van der Waals surface area contributed by atoms with Gasteiger partial charge >= 0.3 is 5.97 Å². The Morgan fingerprint density at radius 2 is 2.40 bits per heavy atom. The number of carbonyl (C=O) groups is 1. The van der Waals surface area contributed by atoms with Gasteiger partial charge in [-0.1, -0.05) is 12.7 Å². The highest BCUT2D eigenvalue weighted by atomic mass is 16.5. The van der Waals surface area contributed by atoms with E-state index in [0.717, 1.165) is 6.08 Å². The average Bonchev–Trinajstić information content (AvgIpc) is 1.86. The van der Waals surface area contributed by atoms with Crippen LogP contribution in [0.5, 0.6) is 0 Å². The van der Waals surface area contributed by atoms with Crippen LogP contribution < -0.4 is 0 Å². The second-order valence-corrected chi connectivity index (χ2v) is 1.69. The lowest BCUT2D eigenvalue weighted by molar-refractivity contribution is -0.131. The van der Waals surface area contributed by atoms with Gasteiger partial charge < -0.3 is 9.84 Å². The van der Waals surface area contributed by atoms with Gasteiger partial charge in [-0.05, 0) is 5.57 Å². The zero-order valence-electron chi connectivity index (χ0n) is 5.83. The minimum atomic E-state index is -0.980. The largest absolute Gasteiger partial charge is 0.478 e. The molecule has 10 heavy (non-hydrogen) atoms. The van der Waals surface area contributed by atoms with Crippen molar-refractivity contribution in [2.24, 2.45) is 0 Å². The Morgan fingerprint density at radius 3 is 2.70 bits per heavy atom. The highest BCUT2D eigenvalue weighted by molar-refractivity contribution is 5.81. The molecule has 0 spiro atoms. The van der Waals surface area contributed by atoms with Gasteiger partial charge in [0.1, 0.15) is 0 Å². The summed E-state index contributed by atoms with van der Waals surface area (Å²) in [7, 11) is 1.50. The van der Waals surface area contributed by atoms with Gasteiger partial charge in [-0.3, -0.25) is 0 Å². The van der Waals surface area contributed by atoms with Crippen molar-refractivity contribution in [1.29, 1.82) is 0 Å². The second-order valence-electron chi connectivity index (χ2n) is 1.69. The third kappa shape index (κ3) is 3.86. The van der Waals surface area contributed by atoms with E-state index in [4.69, 9.17) is 9.84 Å². The summed E-state index contributed by atoms with van der Waals surface area (Å²) >= 11 is 0. The Kier molecular flexibility index (Phi) is 4.24. The molecule has 1 N–H and O–H groups in total. The molecule has 0 saturated heterocycles. The van der Waals surface area contributed by atoms with Crippen LogP contribution in [0, 0.1) is 0 Å². The van der Waals surface area contributed by atoms with E-state index >= 15 is 0 Å². The minimum Gasteiger partial charge on any atom is -0.478 e. The molecule has 0 aliphatic carbocycles. The third-order valence-corrected chi connectivity index (χ3v) is 0.882. The van der Waals surface area contributed by atoms with Gasteiger partial charge in [0.15, 0.2) is 0 Å². The highest BCUT2D eigenvalue weighted by Gasteiger charge is 1.93. The van der Waals surface area contributed by atoms with Crippen molar-refractivity contribution >= 4 is 5.97 Å². The fourth-order valence-corrected chi connectivity index (χ4v) is 0.485. The van der Waals surface area contributed by atoms with Gasteiger partial charge in [0.05, 0.1) is 6.61 Å². The maximum absolute atomic E-state index is 10.1. The maximum atomic E-state index is 10.1. The molecule has 0 aliphatic rings. The first-order valence-electron chi connectivity index (χ1n) is 2.75. The summed E-state index contributed by atoms with van der Waals surface area (Å²) in [6.45, 7) is 3.71. The van der Waals surface area contributed by atoms with Gasteiger partial charge in [0.2, 0.25) is 0 Å². The van der Waals surface area contributed by atoms with E-state index in [2.05, 4.69) is 6.58 Å². The lowest BCUT2D eigenvalue weighted by atomic mass is 10.2. The normalized spacial score (nSPS) is 11.1. The first-order chi connectivity index (χ1) is 4.70. The number of hydrogen-bond acceptors (Lipinski definition) is 2.